The van der Waals surface area contributed by atoms with E-state index in [4.69, 9.17) is 0 Å². The average Bonchev–Trinajstić information content (AvgIpc) is 2.77. The van der Waals surface area contributed by atoms with Crippen LogP contribution in [0.15, 0.2) is 29.6 Å². The first-order chi connectivity index (χ1) is 8.31. The van der Waals surface area contributed by atoms with Gasteiger partial charge in [0, 0.05) is 22.9 Å². The van der Waals surface area contributed by atoms with Crippen LogP contribution >= 0.6 is 27.3 Å². The van der Waals surface area contributed by atoms with Gasteiger partial charge in [-0.1, -0.05) is 34.1 Å². The van der Waals surface area contributed by atoms with Gasteiger partial charge < -0.3 is 0 Å². The number of ketones is 1. The summed E-state index contributed by atoms with van der Waals surface area (Å²) in [5, 5.41) is 4.41. The fourth-order valence-electron chi connectivity index (χ4n) is 1.89. The first kappa shape index (κ1) is 12.8. The smallest absolute Gasteiger partial charge is 0.133 e. The standard InChI is InChI=1S/C14H15BrOS/c15-9-3-4-12(16)8-7-11-10-17-14-6-2-1-5-13(11)14/h1-2,5-6,10H,3-4,7-9H2. The second-order valence-electron chi connectivity index (χ2n) is 4.09. The van der Waals surface area contributed by atoms with Crippen LogP contribution in [0.1, 0.15) is 24.8 Å². The highest BCUT2D eigenvalue weighted by molar-refractivity contribution is 9.09. The lowest BCUT2D eigenvalue weighted by molar-refractivity contribution is -0.119. The van der Waals surface area contributed by atoms with E-state index in [1.54, 1.807) is 11.3 Å². The molecule has 0 spiro atoms. The molecule has 0 atom stereocenters. The van der Waals surface area contributed by atoms with Crippen LogP contribution in [-0.2, 0) is 11.2 Å². The Labute approximate surface area is 114 Å². The number of benzene rings is 1. The highest BCUT2D eigenvalue weighted by Gasteiger charge is 2.06. The molecule has 0 unspecified atom stereocenters. The van der Waals surface area contributed by atoms with Crippen molar-refractivity contribution in [3.63, 3.8) is 0 Å². The maximum atomic E-state index is 11.6. The lowest BCUT2D eigenvalue weighted by atomic mass is 10.0. The second-order valence-corrected chi connectivity index (χ2v) is 5.79. The Morgan fingerprint density at radius 2 is 2.06 bits per heavy atom. The first-order valence-electron chi connectivity index (χ1n) is 5.84. The molecule has 0 aliphatic heterocycles. The number of hydrogen-bond donors (Lipinski definition) is 0. The lowest BCUT2D eigenvalue weighted by Crippen LogP contribution is -2.00. The predicted molar refractivity (Wildman–Crippen MR) is 78.2 cm³/mol. The molecule has 90 valence electrons. The molecule has 0 aliphatic rings. The molecule has 0 radical (unpaired) electrons. The third-order valence-electron chi connectivity index (χ3n) is 2.82. The molecule has 3 heteroatoms. The van der Waals surface area contributed by atoms with Crippen molar-refractivity contribution in [3.05, 3.63) is 35.2 Å². The Morgan fingerprint density at radius 1 is 1.24 bits per heavy atom. The highest BCUT2D eigenvalue weighted by atomic mass is 79.9. The second kappa shape index (κ2) is 6.31. The third-order valence-corrected chi connectivity index (χ3v) is 4.40. The molecule has 2 aromatic rings. The molecule has 0 saturated carbocycles. The quantitative estimate of drug-likeness (QED) is 0.714. The van der Waals surface area contributed by atoms with Gasteiger partial charge in [-0.05, 0) is 35.2 Å². The lowest BCUT2D eigenvalue weighted by Gasteiger charge is -1.99. The molecule has 1 aromatic carbocycles. The van der Waals surface area contributed by atoms with Crippen molar-refractivity contribution in [2.45, 2.75) is 25.7 Å². The Balaban J connectivity index is 1.97. The van der Waals surface area contributed by atoms with Crippen LogP contribution in [0.25, 0.3) is 10.1 Å². The number of thiophene rings is 1. The fourth-order valence-corrected chi connectivity index (χ4v) is 3.17. The Bertz CT molecular complexity index is 504. The summed E-state index contributed by atoms with van der Waals surface area (Å²) in [6.45, 7) is 0. The molecule has 1 aromatic heterocycles. The SMILES string of the molecule is O=C(CCCBr)CCc1csc2ccccc12. The van der Waals surface area contributed by atoms with Crippen LogP contribution in [0.5, 0.6) is 0 Å². The van der Waals surface area contributed by atoms with Crippen molar-refractivity contribution in [1.82, 2.24) is 0 Å². The van der Waals surface area contributed by atoms with E-state index in [0.29, 0.717) is 18.6 Å². The number of fused-ring (bicyclic) bond motifs is 1. The molecule has 2 rings (SSSR count). The number of carbonyl (C=O) groups is 1. The van der Waals surface area contributed by atoms with Gasteiger partial charge in [-0.3, -0.25) is 4.79 Å². The summed E-state index contributed by atoms with van der Waals surface area (Å²) in [5.74, 6) is 0.375. The summed E-state index contributed by atoms with van der Waals surface area (Å²) in [6.07, 6.45) is 3.20. The van der Waals surface area contributed by atoms with E-state index in [0.717, 1.165) is 18.2 Å². The number of carbonyl (C=O) groups excluding carboxylic acids is 1. The molecule has 1 nitrogen and oxygen atoms in total. The zero-order valence-corrected chi connectivity index (χ0v) is 12.0. The maximum absolute atomic E-state index is 11.6. The molecule has 0 saturated heterocycles. The van der Waals surface area contributed by atoms with E-state index < -0.39 is 0 Å². The van der Waals surface area contributed by atoms with Crippen LogP contribution in [-0.4, -0.2) is 11.1 Å². The Hall–Kier alpha value is -0.670. The monoisotopic (exact) mass is 310 g/mol. The number of aryl methyl sites for hydroxylation is 1. The van der Waals surface area contributed by atoms with Crippen molar-refractivity contribution in [3.8, 4) is 0 Å². The van der Waals surface area contributed by atoms with Gasteiger partial charge in [0.15, 0.2) is 0 Å². The fraction of sp³-hybridized carbons (Fsp3) is 0.357. The van der Waals surface area contributed by atoms with Gasteiger partial charge in [0.25, 0.3) is 0 Å². The molecular weight excluding hydrogens is 296 g/mol. The maximum Gasteiger partial charge on any atom is 0.133 e. The van der Waals surface area contributed by atoms with Crippen molar-refractivity contribution in [1.29, 1.82) is 0 Å². The van der Waals surface area contributed by atoms with E-state index in [2.05, 4.69) is 45.6 Å². The van der Waals surface area contributed by atoms with Crippen LogP contribution in [0.3, 0.4) is 0 Å². The van der Waals surface area contributed by atoms with Crippen molar-refractivity contribution >= 4 is 43.1 Å². The summed E-state index contributed by atoms with van der Waals surface area (Å²) >= 11 is 5.11. The number of hydrogen-bond acceptors (Lipinski definition) is 2. The summed E-state index contributed by atoms with van der Waals surface area (Å²) < 4.78 is 1.32. The summed E-state index contributed by atoms with van der Waals surface area (Å²) in [4.78, 5) is 11.6. The zero-order valence-electron chi connectivity index (χ0n) is 9.62. The molecule has 0 fully saturated rings. The van der Waals surface area contributed by atoms with Gasteiger partial charge in [-0.2, -0.15) is 0 Å². The summed E-state index contributed by atoms with van der Waals surface area (Å²) in [6, 6.07) is 8.40. The minimum Gasteiger partial charge on any atom is -0.300 e. The molecule has 0 bridgehead atoms. The summed E-state index contributed by atoms with van der Waals surface area (Å²) in [7, 11) is 0. The molecule has 0 aliphatic carbocycles. The molecule has 0 amide bonds. The third kappa shape index (κ3) is 3.39. The normalized spacial score (nSPS) is 10.9. The van der Waals surface area contributed by atoms with Gasteiger partial charge in [0.1, 0.15) is 5.78 Å². The predicted octanol–water partition coefficient (Wildman–Crippen LogP) is 4.58. The van der Waals surface area contributed by atoms with Crippen LogP contribution in [0, 0.1) is 0 Å². The van der Waals surface area contributed by atoms with Crippen LogP contribution in [0.4, 0.5) is 0 Å². The van der Waals surface area contributed by atoms with E-state index >= 15 is 0 Å². The molecule has 0 N–H and O–H groups in total. The van der Waals surface area contributed by atoms with Gasteiger partial charge >= 0.3 is 0 Å². The van der Waals surface area contributed by atoms with E-state index in [1.165, 1.54) is 15.6 Å². The van der Waals surface area contributed by atoms with Crippen molar-refractivity contribution in [2.24, 2.45) is 0 Å². The summed E-state index contributed by atoms with van der Waals surface area (Å²) in [5.41, 5.74) is 1.32. The average molecular weight is 311 g/mol. The van der Waals surface area contributed by atoms with Crippen molar-refractivity contribution < 1.29 is 4.79 Å². The van der Waals surface area contributed by atoms with E-state index in [1.807, 2.05) is 0 Å². The number of rotatable bonds is 6. The zero-order chi connectivity index (χ0) is 12.1. The van der Waals surface area contributed by atoms with Gasteiger partial charge in [-0.15, -0.1) is 11.3 Å². The molecular formula is C14H15BrOS. The highest BCUT2D eigenvalue weighted by Crippen LogP contribution is 2.26. The van der Waals surface area contributed by atoms with Crippen LogP contribution < -0.4 is 0 Å². The van der Waals surface area contributed by atoms with Crippen LogP contribution in [0.2, 0.25) is 0 Å². The molecule has 17 heavy (non-hydrogen) atoms. The largest absolute Gasteiger partial charge is 0.300 e. The van der Waals surface area contributed by atoms with Crippen molar-refractivity contribution in [2.75, 3.05) is 5.33 Å². The van der Waals surface area contributed by atoms with Gasteiger partial charge in [0.2, 0.25) is 0 Å². The van der Waals surface area contributed by atoms with Gasteiger partial charge in [-0.25, -0.2) is 0 Å². The Morgan fingerprint density at radius 3 is 2.88 bits per heavy atom. The minimum atomic E-state index is 0.375. The van der Waals surface area contributed by atoms with E-state index in [9.17, 15) is 4.79 Å². The van der Waals surface area contributed by atoms with Gasteiger partial charge in [0.05, 0.1) is 0 Å². The molecule has 1 heterocycles. The first-order valence-corrected chi connectivity index (χ1v) is 7.84. The van der Waals surface area contributed by atoms with E-state index in [-0.39, 0.29) is 0 Å². The topological polar surface area (TPSA) is 17.1 Å². The Kier molecular flexibility index (Phi) is 4.75. The number of Topliss-reactive ketones (excluding diaryl/α,β-unsaturated/α-hetero) is 1. The number of alkyl halides is 1. The number of halogens is 1. The minimum absolute atomic E-state index is 0.375.